The molecular formula is C25H26N2O6. The number of hydrogen-bond donors (Lipinski definition) is 3. The van der Waals surface area contributed by atoms with E-state index < -0.39 is 24.2 Å². The predicted octanol–water partition coefficient (Wildman–Crippen LogP) is 2.52. The standard InChI is InChI=1S/C25H26N2O6/c28-23(26-12-14-11-19(14)24(29)30)22-21(9-10-32-22)27-25(31)33-13-20-17-7-3-1-5-15(17)16-6-2-4-8-18(16)20/h1-8,14,19-22H,9-13H2,(H,26,28)(H,27,31)(H,29,30)/t14-,19-,21?,22?/m1/s1. The van der Waals surface area contributed by atoms with Crippen LogP contribution in [-0.2, 0) is 19.1 Å². The fourth-order valence-electron chi connectivity index (χ4n) is 4.90. The number of carboxylic acids is 1. The first kappa shape index (κ1) is 21.5. The Bertz CT molecular complexity index is 1040. The van der Waals surface area contributed by atoms with Crippen molar-refractivity contribution in [2.45, 2.75) is 30.9 Å². The summed E-state index contributed by atoms with van der Waals surface area (Å²) in [5.41, 5.74) is 4.58. The van der Waals surface area contributed by atoms with Crippen molar-refractivity contribution in [3.8, 4) is 11.1 Å². The summed E-state index contributed by atoms with van der Waals surface area (Å²) in [5.74, 6) is -1.64. The third kappa shape index (κ3) is 4.30. The molecule has 0 spiro atoms. The number of hydrogen-bond acceptors (Lipinski definition) is 5. The second-order valence-corrected chi connectivity index (χ2v) is 8.84. The van der Waals surface area contributed by atoms with Gasteiger partial charge in [0.15, 0.2) is 6.10 Å². The summed E-state index contributed by atoms with van der Waals surface area (Å²) < 4.78 is 11.1. The number of fused-ring (bicyclic) bond motifs is 3. The number of benzene rings is 2. The average Bonchev–Trinajstić information content (AvgIpc) is 3.35. The van der Waals surface area contributed by atoms with E-state index in [4.69, 9.17) is 14.6 Å². The second-order valence-electron chi connectivity index (χ2n) is 8.84. The lowest BCUT2D eigenvalue weighted by Gasteiger charge is -2.20. The summed E-state index contributed by atoms with van der Waals surface area (Å²) in [4.78, 5) is 36.0. The van der Waals surface area contributed by atoms with Crippen molar-refractivity contribution in [1.82, 2.24) is 10.6 Å². The fourth-order valence-corrected chi connectivity index (χ4v) is 4.90. The maximum absolute atomic E-state index is 12.6. The highest BCUT2D eigenvalue weighted by Gasteiger charge is 2.44. The Balaban J connectivity index is 1.15. The molecule has 2 aliphatic carbocycles. The number of rotatable bonds is 7. The number of alkyl carbamates (subject to hydrolysis) is 1. The summed E-state index contributed by atoms with van der Waals surface area (Å²) >= 11 is 0. The van der Waals surface area contributed by atoms with E-state index in [2.05, 4.69) is 34.9 Å². The first-order valence-corrected chi connectivity index (χ1v) is 11.3. The van der Waals surface area contributed by atoms with Gasteiger partial charge in [-0.3, -0.25) is 9.59 Å². The zero-order chi connectivity index (χ0) is 22.9. The molecule has 1 heterocycles. The number of carboxylic acid groups (broad SMARTS) is 1. The Kier molecular flexibility index (Phi) is 5.76. The SMILES string of the molecule is O=C(NC1CCOC1C(=O)NC[C@H]1C[C@H]1C(=O)O)OCC1c2ccccc2-c2ccccc21. The van der Waals surface area contributed by atoms with Crippen molar-refractivity contribution in [1.29, 1.82) is 0 Å². The van der Waals surface area contributed by atoms with Crippen LogP contribution in [0.5, 0.6) is 0 Å². The summed E-state index contributed by atoms with van der Waals surface area (Å²) in [7, 11) is 0. The van der Waals surface area contributed by atoms with Crippen LogP contribution < -0.4 is 10.6 Å². The van der Waals surface area contributed by atoms with E-state index in [1.54, 1.807) is 0 Å². The third-order valence-electron chi connectivity index (χ3n) is 6.78. The monoisotopic (exact) mass is 450 g/mol. The van der Waals surface area contributed by atoms with Gasteiger partial charge < -0.3 is 25.2 Å². The molecule has 2 aromatic carbocycles. The first-order chi connectivity index (χ1) is 16.0. The molecule has 33 heavy (non-hydrogen) atoms. The van der Waals surface area contributed by atoms with Gasteiger partial charge in [0.1, 0.15) is 6.61 Å². The molecule has 1 saturated carbocycles. The number of nitrogens with one attached hydrogen (secondary N) is 2. The maximum Gasteiger partial charge on any atom is 0.407 e. The van der Waals surface area contributed by atoms with Crippen molar-refractivity contribution in [2.24, 2.45) is 11.8 Å². The topological polar surface area (TPSA) is 114 Å². The molecule has 2 amide bonds. The Morgan fingerprint density at radius 2 is 1.70 bits per heavy atom. The van der Waals surface area contributed by atoms with E-state index in [-0.39, 0.29) is 30.3 Å². The van der Waals surface area contributed by atoms with Gasteiger partial charge in [-0.1, -0.05) is 48.5 Å². The van der Waals surface area contributed by atoms with Crippen molar-refractivity contribution < 1.29 is 29.0 Å². The molecule has 3 N–H and O–H groups in total. The van der Waals surface area contributed by atoms with Gasteiger partial charge in [-0.05, 0) is 41.0 Å². The zero-order valence-electron chi connectivity index (χ0n) is 18.0. The molecule has 2 unspecified atom stereocenters. The highest BCUT2D eigenvalue weighted by Crippen LogP contribution is 2.44. The molecule has 4 atom stereocenters. The fraction of sp³-hybridized carbons (Fsp3) is 0.400. The molecule has 3 aliphatic rings. The molecule has 172 valence electrons. The molecule has 2 aromatic rings. The lowest BCUT2D eigenvalue weighted by atomic mass is 9.98. The van der Waals surface area contributed by atoms with Gasteiger partial charge in [0.25, 0.3) is 5.91 Å². The third-order valence-corrected chi connectivity index (χ3v) is 6.78. The summed E-state index contributed by atoms with van der Waals surface area (Å²) in [6.07, 6.45) is -0.322. The van der Waals surface area contributed by atoms with Crippen LogP contribution in [0, 0.1) is 11.8 Å². The van der Waals surface area contributed by atoms with Gasteiger partial charge in [-0.25, -0.2) is 4.79 Å². The molecule has 5 rings (SSSR count). The Morgan fingerprint density at radius 3 is 2.33 bits per heavy atom. The molecule has 1 aliphatic heterocycles. The molecule has 8 nitrogen and oxygen atoms in total. The molecular weight excluding hydrogens is 424 g/mol. The lowest BCUT2D eigenvalue weighted by Crippen LogP contribution is -2.48. The average molecular weight is 450 g/mol. The van der Waals surface area contributed by atoms with Crippen molar-refractivity contribution in [2.75, 3.05) is 19.8 Å². The summed E-state index contributed by atoms with van der Waals surface area (Å²) in [5, 5.41) is 14.5. The van der Waals surface area contributed by atoms with E-state index in [1.807, 2.05) is 24.3 Å². The highest BCUT2D eigenvalue weighted by molar-refractivity contribution is 5.83. The van der Waals surface area contributed by atoms with Crippen LogP contribution in [0.4, 0.5) is 4.79 Å². The smallest absolute Gasteiger partial charge is 0.407 e. The number of carbonyl (C=O) groups excluding carboxylic acids is 2. The second kappa shape index (κ2) is 8.86. The normalized spacial score (nSPS) is 25.1. The minimum Gasteiger partial charge on any atom is -0.481 e. The van der Waals surface area contributed by atoms with Gasteiger partial charge >= 0.3 is 12.1 Å². The Morgan fingerprint density at radius 1 is 1.03 bits per heavy atom. The summed E-state index contributed by atoms with van der Waals surface area (Å²) in [6.45, 7) is 0.851. The Labute approximate surface area is 191 Å². The number of ether oxygens (including phenoxy) is 2. The Hall–Kier alpha value is -3.39. The van der Waals surface area contributed by atoms with Crippen LogP contribution in [0.1, 0.15) is 29.9 Å². The van der Waals surface area contributed by atoms with Gasteiger partial charge in [0, 0.05) is 19.1 Å². The van der Waals surface area contributed by atoms with E-state index in [1.165, 1.54) is 0 Å². The molecule has 8 heteroatoms. The van der Waals surface area contributed by atoms with Crippen LogP contribution in [0.15, 0.2) is 48.5 Å². The van der Waals surface area contributed by atoms with Crippen molar-refractivity contribution in [3.05, 3.63) is 59.7 Å². The molecule has 0 radical (unpaired) electrons. The van der Waals surface area contributed by atoms with Crippen LogP contribution in [0.2, 0.25) is 0 Å². The first-order valence-electron chi connectivity index (χ1n) is 11.3. The van der Waals surface area contributed by atoms with E-state index in [9.17, 15) is 14.4 Å². The maximum atomic E-state index is 12.6. The highest BCUT2D eigenvalue weighted by atomic mass is 16.6. The number of aliphatic carboxylic acids is 1. The number of amides is 2. The summed E-state index contributed by atoms with van der Waals surface area (Å²) in [6, 6.07) is 15.7. The zero-order valence-corrected chi connectivity index (χ0v) is 18.0. The van der Waals surface area contributed by atoms with Crippen molar-refractivity contribution in [3.63, 3.8) is 0 Å². The predicted molar refractivity (Wildman–Crippen MR) is 119 cm³/mol. The van der Waals surface area contributed by atoms with E-state index >= 15 is 0 Å². The van der Waals surface area contributed by atoms with Crippen molar-refractivity contribution >= 4 is 18.0 Å². The van der Waals surface area contributed by atoms with Gasteiger partial charge in [-0.15, -0.1) is 0 Å². The van der Waals surface area contributed by atoms with E-state index in [0.717, 1.165) is 22.3 Å². The molecule has 0 aromatic heterocycles. The van der Waals surface area contributed by atoms with Crippen LogP contribution in [0.3, 0.4) is 0 Å². The van der Waals surface area contributed by atoms with Crippen LogP contribution >= 0.6 is 0 Å². The van der Waals surface area contributed by atoms with Crippen LogP contribution in [-0.4, -0.2) is 55.0 Å². The molecule has 1 saturated heterocycles. The quantitative estimate of drug-likeness (QED) is 0.597. The van der Waals surface area contributed by atoms with Gasteiger partial charge in [0.05, 0.1) is 12.0 Å². The van der Waals surface area contributed by atoms with Crippen LogP contribution in [0.25, 0.3) is 11.1 Å². The largest absolute Gasteiger partial charge is 0.481 e. The molecule has 0 bridgehead atoms. The van der Waals surface area contributed by atoms with E-state index in [0.29, 0.717) is 26.0 Å². The molecule has 2 fully saturated rings. The minimum atomic E-state index is -0.832. The minimum absolute atomic E-state index is 0.0391. The lowest BCUT2D eigenvalue weighted by molar-refractivity contribution is -0.139. The number of carbonyl (C=O) groups is 3. The van der Waals surface area contributed by atoms with Gasteiger partial charge in [-0.2, -0.15) is 0 Å². The van der Waals surface area contributed by atoms with Gasteiger partial charge in [0.2, 0.25) is 0 Å².